The van der Waals surface area contributed by atoms with Gasteiger partial charge in [-0.1, -0.05) is 197 Å². The zero-order valence-corrected chi connectivity index (χ0v) is 50.0. The lowest BCUT2D eigenvalue weighted by Crippen LogP contribution is -2.22. The number of anilines is 3. The molecule has 0 aliphatic carbocycles. The summed E-state index contributed by atoms with van der Waals surface area (Å²) in [6, 6.07) is 53.7. The smallest absolute Gasteiger partial charge is 0.248 e. The average Bonchev–Trinajstić information content (AvgIpc) is 4.01. The Morgan fingerprint density at radius 2 is 0.840 bits per heavy atom. The van der Waals surface area contributed by atoms with E-state index in [0.29, 0.717) is 38.2 Å². The Morgan fingerprint density at radius 3 is 1.41 bits per heavy atom. The van der Waals surface area contributed by atoms with Gasteiger partial charge in [0.2, 0.25) is 11.8 Å². The van der Waals surface area contributed by atoms with E-state index < -0.39 is 5.41 Å². The van der Waals surface area contributed by atoms with Gasteiger partial charge in [-0.2, -0.15) is 0 Å². The van der Waals surface area contributed by atoms with Crippen LogP contribution in [0, 0.1) is 13.8 Å². The Labute approximate surface area is 485 Å². The highest BCUT2D eigenvalue weighted by Gasteiger charge is 2.34. The van der Waals surface area contributed by atoms with Crippen LogP contribution in [0.2, 0.25) is 0 Å². The number of nitrogens with zero attached hydrogens (tertiary/aromatic N) is 3. The monoisotopic (exact) mass is 1090 g/mol. The maximum Gasteiger partial charge on any atom is 0.248 e. The van der Waals surface area contributed by atoms with Gasteiger partial charge in [0.15, 0.2) is 0 Å². The van der Waals surface area contributed by atoms with Crippen LogP contribution in [0.25, 0.3) is 45.2 Å². The van der Waals surface area contributed by atoms with Crippen molar-refractivity contribution in [3.8, 4) is 68.2 Å². The number of benzene rings is 7. The molecular weight excluding hydrogens is 999 g/mol. The number of para-hydroxylation sites is 1. The average molecular weight is 1090 g/mol. The predicted molar refractivity (Wildman–Crippen MR) is 337 cm³/mol. The molecule has 0 spiro atoms. The maximum absolute atomic E-state index is 7.06. The van der Waals surface area contributed by atoms with Crippen LogP contribution in [0.4, 0.5) is 17.1 Å². The highest BCUT2D eigenvalue weighted by atomic mass is 16.5. The summed E-state index contributed by atoms with van der Waals surface area (Å²) in [5.74, 6) is 4.24. The summed E-state index contributed by atoms with van der Waals surface area (Å²) in [5.41, 5.74) is 12.5. The first-order valence-corrected chi connectivity index (χ1v) is 30.5. The third kappa shape index (κ3) is 16.0. The van der Waals surface area contributed by atoms with Gasteiger partial charge in [-0.15, -0.1) is 10.2 Å². The molecule has 8 nitrogen and oxygen atoms in total. The van der Waals surface area contributed by atoms with E-state index in [9.17, 15) is 0 Å². The molecule has 1 heterocycles. The zero-order valence-electron chi connectivity index (χ0n) is 50.0. The van der Waals surface area contributed by atoms with Crippen LogP contribution in [0.5, 0.6) is 23.0 Å². The summed E-state index contributed by atoms with van der Waals surface area (Å²) in [4.78, 5) is 2.31. The SMILES string of the molecule is CCCCCCOc1cc(-c2ccc(C(C)(C)c3cc(OCCCCCC)c(-c4ccc(N(c5ccccc5)c5ccc(C)cc5)cc4)cc3OCCCCCC)c(-c3nnc(-c4ccccc4)o3)c2)c(OCCCCCC)cc1C. The Balaban J connectivity index is 1.27. The number of hydrogen-bond donors (Lipinski definition) is 0. The van der Waals surface area contributed by atoms with Gasteiger partial charge >= 0.3 is 0 Å². The summed E-state index contributed by atoms with van der Waals surface area (Å²) in [6.07, 6.45) is 17.8. The highest BCUT2D eigenvalue weighted by Crippen LogP contribution is 2.49. The van der Waals surface area contributed by atoms with Crippen molar-refractivity contribution in [1.82, 2.24) is 10.2 Å². The quantitative estimate of drug-likeness (QED) is 0.0377. The minimum absolute atomic E-state index is 0.432. The fourth-order valence-electron chi connectivity index (χ4n) is 10.6. The largest absolute Gasteiger partial charge is 0.493 e. The van der Waals surface area contributed by atoms with Gasteiger partial charge < -0.3 is 28.3 Å². The van der Waals surface area contributed by atoms with Crippen molar-refractivity contribution in [3.05, 3.63) is 174 Å². The lowest BCUT2D eigenvalue weighted by Gasteiger charge is -2.31. The van der Waals surface area contributed by atoms with E-state index in [-0.39, 0.29) is 0 Å². The number of ether oxygens (including phenoxy) is 4. The van der Waals surface area contributed by atoms with Crippen molar-refractivity contribution in [2.75, 3.05) is 31.3 Å². The fraction of sp³-hybridized carbons (Fsp3) is 0.397. The van der Waals surface area contributed by atoms with Crippen LogP contribution in [-0.4, -0.2) is 36.6 Å². The predicted octanol–water partition coefficient (Wildman–Crippen LogP) is 21.0. The van der Waals surface area contributed by atoms with Crippen LogP contribution in [-0.2, 0) is 5.41 Å². The van der Waals surface area contributed by atoms with Gasteiger partial charge in [0.05, 0.1) is 26.4 Å². The first kappa shape index (κ1) is 59.8. The number of hydrogen-bond acceptors (Lipinski definition) is 8. The number of aromatic nitrogens is 2. The van der Waals surface area contributed by atoms with Crippen molar-refractivity contribution < 1.29 is 23.4 Å². The second kappa shape index (κ2) is 30.5. The molecule has 8 rings (SSSR count). The standard InChI is InChI=1S/C73H89N3O5/c1-9-13-17-27-45-77-67-51-63(68(49-55(67)6)78-46-28-18-14-10-2)58-39-44-65(64(50-58)72-75-74-71(81-72)57-31-23-21-24-32-57)73(7,8)66-53-69(79-47-29-19-15-11-3)62(52-70(66)80-48-30-20-16-12-4)56-37-42-61(43-38-56)76(59-33-25-22-26-34-59)60-40-35-54(5)36-41-60/h21-26,31-44,49-53H,9-20,27-30,45-48H2,1-8H3. The number of rotatable bonds is 33. The van der Waals surface area contributed by atoms with E-state index >= 15 is 0 Å². The van der Waals surface area contributed by atoms with E-state index in [1.54, 1.807) is 0 Å². The first-order valence-electron chi connectivity index (χ1n) is 30.5. The third-order valence-corrected chi connectivity index (χ3v) is 15.5. The number of aryl methyl sites for hydroxylation is 2. The Hall–Kier alpha value is -7.32. The topological polar surface area (TPSA) is 79.1 Å². The molecule has 0 radical (unpaired) electrons. The normalized spacial score (nSPS) is 11.5. The Bertz CT molecular complexity index is 3150. The van der Waals surface area contributed by atoms with Gasteiger partial charge in [0.25, 0.3) is 0 Å². The summed E-state index contributed by atoms with van der Waals surface area (Å²) < 4.78 is 34.1. The van der Waals surface area contributed by atoms with Crippen LogP contribution in [0.3, 0.4) is 0 Å². The molecule has 0 N–H and O–H groups in total. The third-order valence-electron chi connectivity index (χ3n) is 15.5. The molecule has 1 aromatic heterocycles. The van der Waals surface area contributed by atoms with Crippen molar-refractivity contribution >= 4 is 17.1 Å². The lowest BCUT2D eigenvalue weighted by atomic mass is 9.74. The molecule has 0 saturated carbocycles. The molecule has 0 saturated heterocycles. The van der Waals surface area contributed by atoms with Crippen LogP contribution in [0.15, 0.2) is 156 Å². The van der Waals surface area contributed by atoms with Crippen molar-refractivity contribution in [2.45, 2.75) is 164 Å². The first-order chi connectivity index (χ1) is 39.6. The van der Waals surface area contributed by atoms with Crippen LogP contribution in [0.1, 0.15) is 167 Å². The second-order valence-electron chi connectivity index (χ2n) is 22.3. The summed E-state index contributed by atoms with van der Waals surface area (Å²) in [5, 5.41) is 9.50. The fourth-order valence-corrected chi connectivity index (χ4v) is 10.6. The van der Waals surface area contributed by atoms with Crippen molar-refractivity contribution in [3.63, 3.8) is 0 Å². The zero-order chi connectivity index (χ0) is 56.8. The van der Waals surface area contributed by atoms with E-state index in [1.807, 2.05) is 30.3 Å². The molecule has 0 fully saturated rings. The Morgan fingerprint density at radius 1 is 0.383 bits per heavy atom. The van der Waals surface area contributed by atoms with Gasteiger partial charge in [-0.3, -0.25) is 0 Å². The molecule has 8 aromatic rings. The second-order valence-corrected chi connectivity index (χ2v) is 22.3. The van der Waals surface area contributed by atoms with E-state index in [2.05, 4.69) is 187 Å². The van der Waals surface area contributed by atoms with Crippen LogP contribution < -0.4 is 23.8 Å². The molecule has 81 heavy (non-hydrogen) atoms. The van der Waals surface area contributed by atoms with Gasteiger partial charge in [0, 0.05) is 50.3 Å². The lowest BCUT2D eigenvalue weighted by molar-refractivity contribution is 0.292. The van der Waals surface area contributed by atoms with Gasteiger partial charge in [0.1, 0.15) is 23.0 Å². The molecular formula is C73H89N3O5. The molecule has 8 heteroatoms. The van der Waals surface area contributed by atoms with Gasteiger partial charge in [-0.05, 0) is 141 Å². The van der Waals surface area contributed by atoms with Crippen LogP contribution >= 0.6 is 0 Å². The maximum atomic E-state index is 7.06. The number of unbranched alkanes of at least 4 members (excludes halogenated alkanes) is 12. The van der Waals surface area contributed by atoms with E-state index in [1.165, 1.54) is 37.7 Å². The van der Waals surface area contributed by atoms with E-state index in [4.69, 9.17) is 28.5 Å². The molecule has 0 aliphatic heterocycles. The van der Waals surface area contributed by atoms with Crippen molar-refractivity contribution in [1.29, 1.82) is 0 Å². The summed E-state index contributed by atoms with van der Waals surface area (Å²) >= 11 is 0. The van der Waals surface area contributed by atoms with E-state index in [0.717, 1.165) is 161 Å². The minimum Gasteiger partial charge on any atom is -0.493 e. The summed E-state index contributed by atoms with van der Waals surface area (Å²) in [7, 11) is 0. The summed E-state index contributed by atoms with van der Waals surface area (Å²) in [6.45, 7) is 20.3. The van der Waals surface area contributed by atoms with Crippen molar-refractivity contribution in [2.24, 2.45) is 0 Å². The molecule has 0 bridgehead atoms. The molecule has 0 aliphatic rings. The minimum atomic E-state index is -0.681. The highest BCUT2D eigenvalue weighted by molar-refractivity contribution is 5.82. The molecule has 0 amide bonds. The van der Waals surface area contributed by atoms with Gasteiger partial charge in [-0.25, -0.2) is 0 Å². The molecule has 0 atom stereocenters. The molecule has 7 aromatic carbocycles. The molecule has 0 unspecified atom stereocenters. The Kier molecular flexibility index (Phi) is 22.5. The molecule has 426 valence electrons.